The van der Waals surface area contributed by atoms with Gasteiger partial charge in [-0.25, -0.2) is 0 Å². The minimum Gasteiger partial charge on any atom is -0.440 e. The highest BCUT2D eigenvalue weighted by atomic mass is 28.5. The second kappa shape index (κ2) is 7.93. The third-order valence-electron chi connectivity index (χ3n) is 1.04. The second-order valence-corrected chi connectivity index (χ2v) is 12.6. The lowest BCUT2D eigenvalue weighted by Crippen LogP contribution is -2.42. The lowest BCUT2D eigenvalue weighted by molar-refractivity contribution is 0.415. The lowest BCUT2D eigenvalue weighted by Gasteiger charge is -2.27. The van der Waals surface area contributed by atoms with Gasteiger partial charge in [-0.05, 0) is 39.3 Å². The molecule has 0 rings (SSSR count). The molecule has 0 aliphatic carbocycles. The van der Waals surface area contributed by atoms with E-state index in [1.54, 1.807) is 0 Å². The number of hydrogen-bond acceptors (Lipinski definition) is 2. The van der Waals surface area contributed by atoms with Crippen molar-refractivity contribution in [2.45, 2.75) is 54.1 Å². The van der Waals surface area contributed by atoms with Crippen molar-refractivity contribution in [3.63, 3.8) is 0 Å². The van der Waals surface area contributed by atoms with E-state index in [1.807, 2.05) is 0 Å². The van der Waals surface area contributed by atoms with E-state index in [9.17, 15) is 0 Å². The average molecular weight is 241 g/mol. The summed E-state index contributed by atoms with van der Waals surface area (Å²) in [6.07, 6.45) is 0. The number of hydrogen-bond donors (Lipinski definition) is 0. The third-order valence-corrected chi connectivity index (χ3v) is 9.35. The van der Waals surface area contributed by atoms with Crippen LogP contribution in [-0.4, -0.2) is 26.6 Å². The van der Waals surface area contributed by atoms with Gasteiger partial charge in [0.15, 0.2) is 18.1 Å². The molecule has 0 saturated carbocycles. The Balaban J connectivity index is -0.000000500. The highest BCUT2D eigenvalue weighted by Gasteiger charge is 2.26. The van der Waals surface area contributed by atoms with Gasteiger partial charge in [0, 0.05) is 0 Å². The highest BCUT2D eigenvalue weighted by Crippen LogP contribution is 2.09. The van der Waals surface area contributed by atoms with Crippen LogP contribution in [0, 0.1) is 0 Å². The van der Waals surface area contributed by atoms with Crippen molar-refractivity contribution in [2.75, 3.05) is 0 Å². The van der Waals surface area contributed by atoms with Crippen molar-refractivity contribution in [1.82, 2.24) is 0 Å². The molecular formula is C8H28O2Si3. The molecule has 0 heterocycles. The molecule has 0 saturated heterocycles. The first-order valence-corrected chi connectivity index (χ1v) is 12.6. The summed E-state index contributed by atoms with van der Waals surface area (Å²) < 4.78 is 11.7. The van der Waals surface area contributed by atoms with Crippen LogP contribution in [0.3, 0.4) is 0 Å². The van der Waals surface area contributed by atoms with Crippen molar-refractivity contribution < 1.29 is 8.23 Å². The van der Waals surface area contributed by atoms with E-state index in [1.165, 1.54) is 0 Å². The summed E-state index contributed by atoms with van der Waals surface area (Å²) in [6, 6.07) is 0. The van der Waals surface area contributed by atoms with E-state index in [-0.39, 0.29) is 14.9 Å². The lowest BCUT2D eigenvalue weighted by atomic mass is 11.9. The van der Waals surface area contributed by atoms with Gasteiger partial charge in [0.2, 0.25) is 0 Å². The maximum absolute atomic E-state index is 5.84. The van der Waals surface area contributed by atoms with Crippen molar-refractivity contribution in [1.29, 1.82) is 0 Å². The molecule has 0 radical (unpaired) electrons. The normalized spacial score (nSPS) is 11.1. The molecule has 0 aliphatic rings. The molecule has 0 spiro atoms. The molecule has 0 unspecified atom stereocenters. The molecular weight excluding hydrogens is 212 g/mol. The molecule has 0 fully saturated rings. The molecule has 13 heavy (non-hydrogen) atoms. The Morgan fingerprint density at radius 2 is 1.00 bits per heavy atom. The fourth-order valence-corrected chi connectivity index (χ4v) is 11.0. The monoisotopic (exact) mass is 240 g/mol. The summed E-state index contributed by atoms with van der Waals surface area (Å²) in [5.74, 6) is 0. The van der Waals surface area contributed by atoms with Crippen LogP contribution in [-0.2, 0) is 8.23 Å². The van der Waals surface area contributed by atoms with Crippen LogP contribution < -0.4 is 0 Å². The van der Waals surface area contributed by atoms with E-state index in [4.69, 9.17) is 8.23 Å². The quantitative estimate of drug-likeness (QED) is 0.704. The number of rotatable bonds is 4. The fourth-order valence-electron chi connectivity index (χ4n) is 1.16. The van der Waals surface area contributed by atoms with E-state index in [0.29, 0.717) is 0 Å². The standard InChI is InChI=1S/C6H20O2Si3.2CH4/c1-9(2)7-11(5,6)8-10(3)4;;/h9-10H,1-6H3;2*1H4. The Hall–Kier alpha value is 0.571. The van der Waals surface area contributed by atoms with Gasteiger partial charge in [0.1, 0.15) is 0 Å². The van der Waals surface area contributed by atoms with Crippen LogP contribution in [0.25, 0.3) is 0 Å². The van der Waals surface area contributed by atoms with Crippen LogP contribution in [0.1, 0.15) is 14.9 Å². The Morgan fingerprint density at radius 1 is 0.769 bits per heavy atom. The summed E-state index contributed by atoms with van der Waals surface area (Å²) in [4.78, 5) is 0. The Morgan fingerprint density at radius 3 is 1.15 bits per heavy atom. The van der Waals surface area contributed by atoms with Crippen LogP contribution >= 0.6 is 0 Å². The molecule has 0 N–H and O–H groups in total. The summed E-state index contributed by atoms with van der Waals surface area (Å²) in [5, 5.41) is 0. The molecule has 0 aromatic rings. The SMILES string of the molecule is C.C.C[SiH](C)O[Si](C)(C)O[SiH](C)C. The minimum absolute atomic E-state index is 0. The van der Waals surface area contributed by atoms with Crippen LogP contribution in [0.5, 0.6) is 0 Å². The second-order valence-electron chi connectivity index (χ2n) is 3.73. The van der Waals surface area contributed by atoms with Gasteiger partial charge in [-0.15, -0.1) is 0 Å². The molecule has 0 aromatic carbocycles. The van der Waals surface area contributed by atoms with Crippen molar-refractivity contribution in [3.8, 4) is 0 Å². The first kappa shape index (κ1) is 19.2. The van der Waals surface area contributed by atoms with Crippen LogP contribution in [0.15, 0.2) is 0 Å². The third kappa shape index (κ3) is 12.6. The molecule has 2 nitrogen and oxygen atoms in total. The van der Waals surface area contributed by atoms with Gasteiger partial charge in [-0.2, -0.15) is 0 Å². The van der Waals surface area contributed by atoms with Gasteiger partial charge in [0.25, 0.3) is 0 Å². The van der Waals surface area contributed by atoms with Gasteiger partial charge >= 0.3 is 8.56 Å². The molecule has 0 aromatic heterocycles. The molecule has 0 bridgehead atoms. The van der Waals surface area contributed by atoms with Gasteiger partial charge in [-0.3, -0.25) is 0 Å². The first-order valence-electron chi connectivity index (χ1n) is 4.19. The summed E-state index contributed by atoms with van der Waals surface area (Å²) in [5.41, 5.74) is 0. The van der Waals surface area contributed by atoms with Crippen molar-refractivity contribution >= 4 is 26.6 Å². The van der Waals surface area contributed by atoms with Gasteiger partial charge < -0.3 is 8.23 Å². The molecule has 0 atom stereocenters. The predicted molar refractivity (Wildman–Crippen MR) is 70.9 cm³/mol. The topological polar surface area (TPSA) is 18.5 Å². The highest BCUT2D eigenvalue weighted by molar-refractivity contribution is 6.78. The largest absolute Gasteiger partial charge is 0.440 e. The molecule has 84 valence electrons. The zero-order valence-electron chi connectivity index (χ0n) is 8.47. The molecule has 5 heteroatoms. The summed E-state index contributed by atoms with van der Waals surface area (Å²) in [7, 11) is -3.50. The van der Waals surface area contributed by atoms with Gasteiger partial charge in [-0.1, -0.05) is 14.9 Å². The first-order chi connectivity index (χ1) is 4.83. The Bertz CT molecular complexity index is 104. The Kier molecular flexibility index (Phi) is 11.7. The maximum atomic E-state index is 5.84. The predicted octanol–water partition coefficient (Wildman–Crippen LogP) is 2.96. The Labute approximate surface area is 89.4 Å². The minimum atomic E-state index is -1.71. The average Bonchev–Trinajstić information content (AvgIpc) is 1.53. The van der Waals surface area contributed by atoms with E-state index < -0.39 is 26.6 Å². The van der Waals surface area contributed by atoms with Crippen molar-refractivity contribution in [3.05, 3.63) is 0 Å². The zero-order chi connectivity index (χ0) is 9.07. The molecule has 0 aliphatic heterocycles. The maximum Gasteiger partial charge on any atom is 0.310 e. The van der Waals surface area contributed by atoms with Crippen molar-refractivity contribution in [2.24, 2.45) is 0 Å². The van der Waals surface area contributed by atoms with E-state index in [0.717, 1.165) is 0 Å². The van der Waals surface area contributed by atoms with E-state index >= 15 is 0 Å². The van der Waals surface area contributed by atoms with E-state index in [2.05, 4.69) is 39.3 Å². The van der Waals surface area contributed by atoms with Gasteiger partial charge in [0.05, 0.1) is 0 Å². The fraction of sp³-hybridized carbons (Fsp3) is 1.00. The van der Waals surface area contributed by atoms with Crippen LogP contribution in [0.4, 0.5) is 0 Å². The molecule has 0 amide bonds. The van der Waals surface area contributed by atoms with Crippen LogP contribution in [0.2, 0.25) is 39.3 Å². The smallest absolute Gasteiger partial charge is 0.310 e. The summed E-state index contributed by atoms with van der Waals surface area (Å²) >= 11 is 0. The zero-order valence-corrected chi connectivity index (χ0v) is 11.8. The summed E-state index contributed by atoms with van der Waals surface area (Å²) in [6.45, 7) is 13.1.